The Hall–Kier alpha value is -2.40. The van der Waals surface area contributed by atoms with E-state index < -0.39 is 6.04 Å². The number of anilines is 1. The fourth-order valence-corrected chi connectivity index (χ4v) is 2.30. The van der Waals surface area contributed by atoms with Gasteiger partial charge >= 0.3 is 0 Å². The van der Waals surface area contributed by atoms with Crippen LogP contribution in [0.15, 0.2) is 47.4 Å². The molecule has 0 saturated heterocycles. The van der Waals surface area contributed by atoms with Crippen LogP contribution in [0, 0.1) is 6.92 Å². The molecule has 0 fully saturated rings. The highest BCUT2D eigenvalue weighted by atomic mass is 16.2. The van der Waals surface area contributed by atoms with Gasteiger partial charge in [0.05, 0.1) is 0 Å². The molecule has 2 aromatic rings. The summed E-state index contributed by atoms with van der Waals surface area (Å²) in [6.45, 7) is 4.20. The SMILES string of the molecule is CCC(C(=O)Nc1ccc(CN)cc1)n1ccc(C)cc1=O. The van der Waals surface area contributed by atoms with Crippen molar-refractivity contribution in [2.24, 2.45) is 5.73 Å². The van der Waals surface area contributed by atoms with Crippen molar-refractivity contribution < 1.29 is 4.79 Å². The summed E-state index contributed by atoms with van der Waals surface area (Å²) in [4.78, 5) is 24.5. The Kier molecular flexibility index (Phi) is 5.12. The molecule has 1 heterocycles. The van der Waals surface area contributed by atoms with E-state index in [1.165, 1.54) is 10.6 Å². The van der Waals surface area contributed by atoms with E-state index in [0.717, 1.165) is 11.1 Å². The third-order valence-electron chi connectivity index (χ3n) is 3.59. The highest BCUT2D eigenvalue weighted by Gasteiger charge is 2.19. The van der Waals surface area contributed by atoms with E-state index in [-0.39, 0.29) is 11.5 Å². The van der Waals surface area contributed by atoms with Crippen LogP contribution in [0.2, 0.25) is 0 Å². The third kappa shape index (κ3) is 3.62. The zero-order valence-electron chi connectivity index (χ0n) is 12.9. The van der Waals surface area contributed by atoms with Crippen LogP contribution < -0.4 is 16.6 Å². The highest BCUT2D eigenvalue weighted by Crippen LogP contribution is 2.15. The maximum Gasteiger partial charge on any atom is 0.251 e. The van der Waals surface area contributed by atoms with Crippen molar-refractivity contribution in [3.63, 3.8) is 0 Å². The number of benzene rings is 1. The van der Waals surface area contributed by atoms with E-state index in [2.05, 4.69) is 5.32 Å². The number of nitrogens with one attached hydrogen (secondary N) is 1. The summed E-state index contributed by atoms with van der Waals surface area (Å²) in [5.74, 6) is -0.200. The summed E-state index contributed by atoms with van der Waals surface area (Å²) in [5, 5.41) is 2.85. The zero-order chi connectivity index (χ0) is 16.1. The van der Waals surface area contributed by atoms with Gasteiger partial charge in [-0.25, -0.2) is 0 Å². The number of rotatable bonds is 5. The van der Waals surface area contributed by atoms with Crippen molar-refractivity contribution in [2.45, 2.75) is 32.9 Å². The largest absolute Gasteiger partial charge is 0.326 e. The Labute approximate surface area is 129 Å². The van der Waals surface area contributed by atoms with Crippen LogP contribution in [0.3, 0.4) is 0 Å². The summed E-state index contributed by atoms with van der Waals surface area (Å²) in [5.41, 5.74) is 7.96. The lowest BCUT2D eigenvalue weighted by molar-refractivity contribution is -0.119. The molecule has 3 N–H and O–H groups in total. The first kappa shape index (κ1) is 16.0. The minimum atomic E-state index is -0.526. The number of pyridine rings is 1. The molecule has 116 valence electrons. The summed E-state index contributed by atoms with van der Waals surface area (Å²) in [7, 11) is 0. The van der Waals surface area contributed by atoms with E-state index in [0.29, 0.717) is 18.7 Å². The molecule has 0 aliphatic heterocycles. The molecule has 1 unspecified atom stereocenters. The van der Waals surface area contributed by atoms with Gasteiger partial charge in [-0.1, -0.05) is 19.1 Å². The molecule has 2 rings (SSSR count). The molecule has 0 bridgehead atoms. The number of nitrogens with two attached hydrogens (primary N) is 1. The Morgan fingerprint density at radius 2 is 1.95 bits per heavy atom. The number of hydrogen-bond acceptors (Lipinski definition) is 3. The normalized spacial score (nSPS) is 12.0. The van der Waals surface area contributed by atoms with Gasteiger partial charge in [-0.2, -0.15) is 0 Å². The molecule has 0 radical (unpaired) electrons. The summed E-state index contributed by atoms with van der Waals surface area (Å²) in [6, 6.07) is 10.2. The maximum absolute atomic E-state index is 12.4. The zero-order valence-corrected chi connectivity index (χ0v) is 12.9. The van der Waals surface area contributed by atoms with E-state index in [1.54, 1.807) is 6.20 Å². The second-order valence-corrected chi connectivity index (χ2v) is 5.26. The molecular weight excluding hydrogens is 278 g/mol. The number of aryl methyl sites for hydroxylation is 1. The molecule has 0 spiro atoms. The molecule has 1 amide bonds. The topological polar surface area (TPSA) is 77.1 Å². The summed E-state index contributed by atoms with van der Waals surface area (Å²) in [6.07, 6.45) is 2.21. The van der Waals surface area contributed by atoms with E-state index >= 15 is 0 Å². The first-order valence-electron chi connectivity index (χ1n) is 7.33. The minimum Gasteiger partial charge on any atom is -0.326 e. The molecular formula is C17H21N3O2. The van der Waals surface area contributed by atoms with E-state index in [4.69, 9.17) is 5.73 Å². The van der Waals surface area contributed by atoms with Crippen molar-refractivity contribution in [3.8, 4) is 0 Å². The fourth-order valence-electron chi connectivity index (χ4n) is 2.30. The van der Waals surface area contributed by atoms with E-state index in [1.807, 2.05) is 44.2 Å². The Morgan fingerprint density at radius 3 is 2.50 bits per heavy atom. The van der Waals surface area contributed by atoms with Crippen molar-refractivity contribution in [3.05, 3.63) is 64.1 Å². The van der Waals surface area contributed by atoms with Crippen molar-refractivity contribution >= 4 is 11.6 Å². The summed E-state index contributed by atoms with van der Waals surface area (Å²) < 4.78 is 1.47. The van der Waals surface area contributed by atoms with Crippen LogP contribution >= 0.6 is 0 Å². The summed E-state index contributed by atoms with van der Waals surface area (Å²) >= 11 is 0. The quantitative estimate of drug-likeness (QED) is 0.888. The van der Waals surface area contributed by atoms with Crippen LogP contribution in [-0.2, 0) is 11.3 Å². The van der Waals surface area contributed by atoms with Gasteiger partial charge in [-0.3, -0.25) is 9.59 Å². The van der Waals surface area contributed by atoms with E-state index in [9.17, 15) is 9.59 Å². The lowest BCUT2D eigenvalue weighted by atomic mass is 10.1. The Balaban J connectivity index is 2.19. The Morgan fingerprint density at radius 1 is 1.27 bits per heavy atom. The van der Waals surface area contributed by atoms with Gasteiger partial charge in [-0.05, 0) is 42.7 Å². The van der Waals surface area contributed by atoms with Gasteiger partial charge in [0.15, 0.2) is 0 Å². The number of carbonyl (C=O) groups excluding carboxylic acids is 1. The average molecular weight is 299 g/mol. The molecule has 5 heteroatoms. The van der Waals surface area contributed by atoms with Crippen LogP contribution in [0.5, 0.6) is 0 Å². The number of nitrogens with zero attached hydrogens (tertiary/aromatic N) is 1. The van der Waals surface area contributed by atoms with Gasteiger partial charge in [0, 0.05) is 24.5 Å². The lowest BCUT2D eigenvalue weighted by Gasteiger charge is -2.18. The smallest absolute Gasteiger partial charge is 0.251 e. The molecule has 22 heavy (non-hydrogen) atoms. The van der Waals surface area contributed by atoms with Crippen LogP contribution in [-0.4, -0.2) is 10.5 Å². The van der Waals surface area contributed by atoms with Crippen molar-refractivity contribution in [1.29, 1.82) is 0 Å². The van der Waals surface area contributed by atoms with Gasteiger partial charge in [0.2, 0.25) is 5.91 Å². The van der Waals surface area contributed by atoms with Gasteiger partial charge < -0.3 is 15.6 Å². The molecule has 5 nitrogen and oxygen atoms in total. The lowest BCUT2D eigenvalue weighted by Crippen LogP contribution is -2.32. The van der Waals surface area contributed by atoms with Gasteiger partial charge in [0.1, 0.15) is 6.04 Å². The Bertz CT molecular complexity index is 705. The standard InChI is InChI=1S/C17H21N3O2/c1-3-15(20-9-8-12(2)10-16(20)21)17(22)19-14-6-4-13(11-18)5-7-14/h4-10,15H,3,11,18H2,1-2H3,(H,19,22). The molecule has 0 aliphatic rings. The average Bonchev–Trinajstić information content (AvgIpc) is 2.51. The molecule has 1 atom stereocenters. The van der Waals surface area contributed by atoms with Crippen LogP contribution in [0.25, 0.3) is 0 Å². The number of hydrogen-bond donors (Lipinski definition) is 2. The predicted octanol–water partition coefficient (Wildman–Crippen LogP) is 2.21. The predicted molar refractivity (Wildman–Crippen MR) is 87.7 cm³/mol. The van der Waals surface area contributed by atoms with Gasteiger partial charge in [-0.15, -0.1) is 0 Å². The second-order valence-electron chi connectivity index (χ2n) is 5.26. The van der Waals surface area contributed by atoms with Crippen molar-refractivity contribution in [1.82, 2.24) is 4.57 Å². The number of amides is 1. The molecule has 1 aromatic carbocycles. The molecule has 0 saturated carbocycles. The first-order valence-corrected chi connectivity index (χ1v) is 7.33. The van der Waals surface area contributed by atoms with Gasteiger partial charge in [0.25, 0.3) is 5.56 Å². The molecule has 0 aliphatic carbocycles. The second kappa shape index (κ2) is 7.04. The van der Waals surface area contributed by atoms with Crippen molar-refractivity contribution in [2.75, 3.05) is 5.32 Å². The third-order valence-corrected chi connectivity index (χ3v) is 3.59. The monoisotopic (exact) mass is 299 g/mol. The van der Waals surface area contributed by atoms with Crippen LogP contribution in [0.4, 0.5) is 5.69 Å². The first-order chi connectivity index (χ1) is 10.5. The minimum absolute atomic E-state index is 0.166. The molecule has 1 aromatic heterocycles. The number of aromatic nitrogens is 1. The highest BCUT2D eigenvalue weighted by molar-refractivity contribution is 5.93. The fraction of sp³-hybridized carbons (Fsp3) is 0.294. The van der Waals surface area contributed by atoms with Crippen LogP contribution in [0.1, 0.15) is 30.5 Å². The maximum atomic E-state index is 12.4. The number of carbonyl (C=O) groups is 1.